The van der Waals surface area contributed by atoms with E-state index >= 15 is 0 Å². The summed E-state index contributed by atoms with van der Waals surface area (Å²) >= 11 is 8.98. The standard InChI is InChI=1S/C12H18ClIO/c13-12(7-4-8-14)10(15)9-11(12)5-2-1-3-6-11/h1-9H2. The van der Waals surface area contributed by atoms with Crippen molar-refractivity contribution in [3.8, 4) is 0 Å². The molecule has 3 heteroatoms. The summed E-state index contributed by atoms with van der Waals surface area (Å²) in [5.74, 6) is 0.316. The number of carbonyl (C=O) groups excluding carboxylic acids is 1. The number of hydrogen-bond acceptors (Lipinski definition) is 1. The molecule has 15 heavy (non-hydrogen) atoms. The van der Waals surface area contributed by atoms with Gasteiger partial charge in [-0.05, 0) is 30.1 Å². The van der Waals surface area contributed by atoms with Crippen molar-refractivity contribution in [2.24, 2.45) is 5.41 Å². The van der Waals surface area contributed by atoms with Gasteiger partial charge in [-0.3, -0.25) is 4.79 Å². The molecule has 2 aliphatic carbocycles. The molecule has 2 saturated carbocycles. The van der Waals surface area contributed by atoms with Crippen LogP contribution in [0, 0.1) is 5.41 Å². The van der Waals surface area contributed by atoms with E-state index in [9.17, 15) is 4.79 Å². The van der Waals surface area contributed by atoms with Crippen LogP contribution in [0.2, 0.25) is 0 Å². The van der Waals surface area contributed by atoms with E-state index in [1.165, 1.54) is 32.1 Å². The van der Waals surface area contributed by atoms with Crippen molar-refractivity contribution in [2.45, 2.75) is 56.2 Å². The highest BCUT2D eigenvalue weighted by Crippen LogP contribution is 2.61. The van der Waals surface area contributed by atoms with Gasteiger partial charge >= 0.3 is 0 Å². The number of Topliss-reactive ketones (excluding diaryl/α,β-unsaturated/α-hetero) is 1. The summed E-state index contributed by atoms with van der Waals surface area (Å²) < 4.78 is 1.11. The second-order valence-electron chi connectivity index (χ2n) is 5.03. The molecule has 0 aliphatic heterocycles. The van der Waals surface area contributed by atoms with Gasteiger partial charge in [-0.2, -0.15) is 0 Å². The fourth-order valence-electron chi connectivity index (χ4n) is 3.29. The normalized spacial score (nSPS) is 34.1. The van der Waals surface area contributed by atoms with E-state index in [1.54, 1.807) is 0 Å². The minimum atomic E-state index is -0.474. The first kappa shape index (κ1) is 12.2. The average molecular weight is 341 g/mol. The third-order valence-electron chi connectivity index (χ3n) is 4.25. The van der Waals surface area contributed by atoms with E-state index in [0.29, 0.717) is 5.78 Å². The van der Waals surface area contributed by atoms with Crippen LogP contribution in [0.5, 0.6) is 0 Å². The van der Waals surface area contributed by atoms with E-state index < -0.39 is 4.87 Å². The molecular formula is C12H18ClIO. The molecule has 0 aromatic rings. The van der Waals surface area contributed by atoms with Gasteiger partial charge in [0.15, 0.2) is 5.78 Å². The van der Waals surface area contributed by atoms with Crippen LogP contribution in [0.1, 0.15) is 51.4 Å². The van der Waals surface area contributed by atoms with Gasteiger partial charge in [0, 0.05) is 11.8 Å². The van der Waals surface area contributed by atoms with E-state index in [1.807, 2.05) is 0 Å². The lowest BCUT2D eigenvalue weighted by atomic mass is 9.51. The maximum absolute atomic E-state index is 11.8. The van der Waals surface area contributed by atoms with Crippen LogP contribution >= 0.6 is 34.2 Å². The highest BCUT2D eigenvalue weighted by atomic mass is 127. The highest BCUT2D eigenvalue weighted by molar-refractivity contribution is 14.1. The molecule has 1 nitrogen and oxygen atoms in total. The van der Waals surface area contributed by atoms with E-state index in [0.717, 1.165) is 23.7 Å². The van der Waals surface area contributed by atoms with Gasteiger partial charge in [0.25, 0.3) is 0 Å². The first-order valence-electron chi connectivity index (χ1n) is 5.93. The molecule has 0 N–H and O–H groups in total. The fraction of sp³-hybridized carbons (Fsp3) is 0.917. The van der Waals surface area contributed by atoms with Gasteiger partial charge in [0.05, 0.1) is 0 Å². The Bertz CT molecular complexity index is 260. The lowest BCUT2D eigenvalue weighted by Gasteiger charge is -2.56. The maximum Gasteiger partial charge on any atom is 0.154 e. The van der Waals surface area contributed by atoms with Crippen LogP contribution in [0.25, 0.3) is 0 Å². The molecule has 2 aliphatic rings. The zero-order valence-corrected chi connectivity index (χ0v) is 11.9. The predicted molar refractivity (Wildman–Crippen MR) is 71.8 cm³/mol. The van der Waals surface area contributed by atoms with Crippen molar-refractivity contribution in [1.82, 2.24) is 0 Å². The highest BCUT2D eigenvalue weighted by Gasteiger charge is 2.63. The number of rotatable bonds is 3. The zero-order chi connectivity index (χ0) is 10.9. The Hall–Kier alpha value is 0.690. The summed E-state index contributed by atoms with van der Waals surface area (Å²) in [4.78, 5) is 11.3. The quantitative estimate of drug-likeness (QED) is 0.558. The first-order valence-corrected chi connectivity index (χ1v) is 7.83. The summed E-state index contributed by atoms with van der Waals surface area (Å²) in [5.41, 5.74) is 0.190. The Morgan fingerprint density at radius 2 is 1.93 bits per heavy atom. The monoisotopic (exact) mass is 340 g/mol. The van der Waals surface area contributed by atoms with Crippen LogP contribution in [0.4, 0.5) is 0 Å². The van der Waals surface area contributed by atoms with Crippen LogP contribution in [-0.4, -0.2) is 15.1 Å². The number of carbonyl (C=O) groups is 1. The lowest BCUT2D eigenvalue weighted by Crippen LogP contribution is -2.62. The molecule has 0 aromatic carbocycles. The number of hydrogen-bond donors (Lipinski definition) is 0. The molecule has 1 atom stereocenters. The minimum absolute atomic E-state index is 0.190. The third-order valence-corrected chi connectivity index (χ3v) is 5.81. The van der Waals surface area contributed by atoms with E-state index in [4.69, 9.17) is 11.6 Å². The lowest BCUT2D eigenvalue weighted by molar-refractivity contribution is -0.143. The second kappa shape index (κ2) is 4.52. The predicted octanol–water partition coefficient (Wildman–Crippen LogP) is 4.10. The molecule has 0 aromatic heterocycles. The van der Waals surface area contributed by atoms with Crippen molar-refractivity contribution in [1.29, 1.82) is 0 Å². The molecule has 0 radical (unpaired) electrons. The molecule has 2 rings (SSSR count). The van der Waals surface area contributed by atoms with Crippen LogP contribution < -0.4 is 0 Å². The molecule has 0 amide bonds. The van der Waals surface area contributed by atoms with Gasteiger partial charge in [-0.1, -0.05) is 41.9 Å². The number of alkyl halides is 2. The number of halogens is 2. The number of ketones is 1. The summed E-state index contributed by atoms with van der Waals surface area (Å²) in [6.45, 7) is 0. The molecule has 0 heterocycles. The fourth-order valence-corrected chi connectivity index (χ4v) is 4.13. The van der Waals surface area contributed by atoms with Crippen molar-refractivity contribution in [2.75, 3.05) is 4.43 Å². The summed E-state index contributed by atoms with van der Waals surface area (Å²) in [7, 11) is 0. The SMILES string of the molecule is O=C1CC2(CCCCC2)C1(Cl)CCCI. The van der Waals surface area contributed by atoms with Crippen molar-refractivity contribution in [3.05, 3.63) is 0 Å². The van der Waals surface area contributed by atoms with Gasteiger partial charge in [-0.15, -0.1) is 11.6 Å². The van der Waals surface area contributed by atoms with Gasteiger partial charge in [-0.25, -0.2) is 0 Å². The molecular weight excluding hydrogens is 322 g/mol. The molecule has 2 fully saturated rings. The molecule has 86 valence electrons. The van der Waals surface area contributed by atoms with Crippen LogP contribution in [0.15, 0.2) is 0 Å². The van der Waals surface area contributed by atoms with E-state index in [2.05, 4.69) is 22.6 Å². The van der Waals surface area contributed by atoms with Crippen molar-refractivity contribution in [3.63, 3.8) is 0 Å². The molecule has 1 unspecified atom stereocenters. The Labute approximate surface area is 110 Å². The van der Waals surface area contributed by atoms with Crippen molar-refractivity contribution >= 4 is 40.0 Å². The Morgan fingerprint density at radius 1 is 1.27 bits per heavy atom. The van der Waals surface area contributed by atoms with Crippen molar-refractivity contribution < 1.29 is 4.79 Å². The van der Waals surface area contributed by atoms with Gasteiger partial charge < -0.3 is 0 Å². The smallest absolute Gasteiger partial charge is 0.154 e. The second-order valence-corrected chi connectivity index (χ2v) is 6.76. The summed E-state index contributed by atoms with van der Waals surface area (Å²) in [6, 6.07) is 0. The Balaban J connectivity index is 2.09. The average Bonchev–Trinajstić information content (AvgIpc) is 2.27. The summed E-state index contributed by atoms with van der Waals surface area (Å²) in [5, 5.41) is 0. The maximum atomic E-state index is 11.8. The molecule has 1 spiro atoms. The van der Waals surface area contributed by atoms with E-state index in [-0.39, 0.29) is 5.41 Å². The third kappa shape index (κ3) is 1.86. The van der Waals surface area contributed by atoms with Crippen LogP contribution in [0.3, 0.4) is 0 Å². The first-order chi connectivity index (χ1) is 7.15. The Morgan fingerprint density at radius 3 is 2.47 bits per heavy atom. The van der Waals surface area contributed by atoms with Gasteiger partial charge in [0.1, 0.15) is 4.87 Å². The topological polar surface area (TPSA) is 17.1 Å². The molecule has 0 bridgehead atoms. The summed E-state index contributed by atoms with van der Waals surface area (Å²) in [6.07, 6.45) is 8.98. The largest absolute Gasteiger partial charge is 0.298 e. The molecule has 0 saturated heterocycles. The van der Waals surface area contributed by atoms with Gasteiger partial charge in [0.2, 0.25) is 0 Å². The minimum Gasteiger partial charge on any atom is -0.298 e. The zero-order valence-electron chi connectivity index (χ0n) is 9.03. The van der Waals surface area contributed by atoms with Crippen LogP contribution in [-0.2, 0) is 4.79 Å². The Kier molecular flexibility index (Phi) is 3.66.